The largest absolute Gasteiger partial charge is 0.391 e. The van der Waals surface area contributed by atoms with Crippen molar-refractivity contribution in [3.8, 4) is 6.07 Å². The lowest BCUT2D eigenvalue weighted by atomic mass is 9.92. The lowest BCUT2D eigenvalue weighted by Gasteiger charge is -2.15. The average molecular weight is 189 g/mol. The van der Waals surface area contributed by atoms with Gasteiger partial charge in [0.05, 0.1) is 18.1 Å². The zero-order chi connectivity index (χ0) is 10.4. The van der Waals surface area contributed by atoms with Gasteiger partial charge in [-0.15, -0.1) is 0 Å². The van der Waals surface area contributed by atoms with Gasteiger partial charge in [0, 0.05) is 0 Å². The molecule has 0 aliphatic heterocycles. The van der Waals surface area contributed by atoms with Crippen LogP contribution in [0.25, 0.3) is 0 Å². The Morgan fingerprint density at radius 1 is 1.36 bits per heavy atom. The Bertz CT molecular complexity index is 302. The van der Waals surface area contributed by atoms with Crippen molar-refractivity contribution in [3.63, 3.8) is 0 Å². The fraction of sp³-hybridized carbons (Fsp3) is 0.417. The Morgan fingerprint density at radius 2 is 2.00 bits per heavy atom. The van der Waals surface area contributed by atoms with Crippen LogP contribution >= 0.6 is 0 Å². The van der Waals surface area contributed by atoms with Gasteiger partial charge in [-0.05, 0) is 12.0 Å². The van der Waals surface area contributed by atoms with Crippen LogP contribution in [0.2, 0.25) is 0 Å². The summed E-state index contributed by atoms with van der Waals surface area (Å²) in [4.78, 5) is 0. The molecule has 0 saturated carbocycles. The zero-order valence-electron chi connectivity index (χ0n) is 8.35. The molecule has 0 fully saturated rings. The van der Waals surface area contributed by atoms with Crippen molar-refractivity contribution < 1.29 is 5.11 Å². The van der Waals surface area contributed by atoms with Gasteiger partial charge in [-0.2, -0.15) is 5.26 Å². The summed E-state index contributed by atoms with van der Waals surface area (Å²) in [6.45, 7) is 2.00. The molecule has 1 rings (SSSR count). The molecule has 0 saturated heterocycles. The molecular weight excluding hydrogens is 174 g/mol. The van der Waals surface area contributed by atoms with Gasteiger partial charge in [0.15, 0.2) is 0 Å². The van der Waals surface area contributed by atoms with Crippen LogP contribution in [-0.4, -0.2) is 11.2 Å². The maximum Gasteiger partial charge on any atom is 0.0971 e. The van der Waals surface area contributed by atoms with Gasteiger partial charge in [0.1, 0.15) is 0 Å². The monoisotopic (exact) mass is 189 g/mol. The van der Waals surface area contributed by atoms with Crippen molar-refractivity contribution in [1.29, 1.82) is 5.26 Å². The highest BCUT2D eigenvalue weighted by molar-refractivity contribution is 5.26. The number of rotatable bonds is 4. The minimum atomic E-state index is -0.549. The normalized spacial score (nSPS) is 14.4. The fourth-order valence-corrected chi connectivity index (χ4v) is 1.51. The highest BCUT2D eigenvalue weighted by atomic mass is 16.3. The third-order valence-electron chi connectivity index (χ3n) is 2.27. The van der Waals surface area contributed by atoms with Crippen LogP contribution in [0.1, 0.15) is 31.2 Å². The minimum absolute atomic E-state index is 0.392. The van der Waals surface area contributed by atoms with E-state index in [4.69, 9.17) is 5.26 Å². The minimum Gasteiger partial charge on any atom is -0.391 e. The predicted octanol–water partition coefficient (Wildman–Crippen LogP) is 2.45. The smallest absolute Gasteiger partial charge is 0.0971 e. The topological polar surface area (TPSA) is 44.0 Å². The Kier molecular flexibility index (Phi) is 4.15. The van der Waals surface area contributed by atoms with E-state index in [1.165, 1.54) is 0 Å². The summed E-state index contributed by atoms with van der Waals surface area (Å²) in [5.74, 6) is -0.392. The van der Waals surface area contributed by atoms with E-state index in [1.807, 2.05) is 37.3 Å². The van der Waals surface area contributed by atoms with E-state index in [1.54, 1.807) is 0 Å². The van der Waals surface area contributed by atoms with Crippen LogP contribution in [0, 0.1) is 11.3 Å². The van der Waals surface area contributed by atoms with Gasteiger partial charge in [-0.1, -0.05) is 43.7 Å². The molecule has 74 valence electrons. The molecular formula is C12H15NO. The SMILES string of the molecule is CCC[C@H](O)[C@@H](C#N)c1ccccc1. The molecule has 2 nitrogen and oxygen atoms in total. The lowest BCUT2D eigenvalue weighted by molar-refractivity contribution is 0.150. The number of hydrogen-bond donors (Lipinski definition) is 1. The molecule has 0 radical (unpaired) electrons. The molecule has 0 spiro atoms. The summed E-state index contributed by atoms with van der Waals surface area (Å²) in [5, 5.41) is 18.7. The molecule has 0 unspecified atom stereocenters. The van der Waals surface area contributed by atoms with Crippen molar-refractivity contribution in [1.82, 2.24) is 0 Å². The maximum atomic E-state index is 9.74. The summed E-state index contributed by atoms with van der Waals surface area (Å²) in [6.07, 6.45) is 1.02. The van der Waals surface area contributed by atoms with Crippen LogP contribution in [0.4, 0.5) is 0 Å². The summed E-state index contributed by atoms with van der Waals surface area (Å²) >= 11 is 0. The van der Waals surface area contributed by atoms with E-state index in [0.717, 1.165) is 12.0 Å². The summed E-state index contributed by atoms with van der Waals surface area (Å²) in [7, 11) is 0. The van der Waals surface area contributed by atoms with Crippen molar-refractivity contribution in [2.45, 2.75) is 31.8 Å². The van der Waals surface area contributed by atoms with E-state index in [0.29, 0.717) is 6.42 Å². The van der Waals surface area contributed by atoms with Crippen LogP contribution in [0.5, 0.6) is 0 Å². The van der Waals surface area contributed by atoms with Gasteiger partial charge in [-0.3, -0.25) is 0 Å². The van der Waals surface area contributed by atoms with Crippen LogP contribution in [-0.2, 0) is 0 Å². The molecule has 14 heavy (non-hydrogen) atoms. The fourth-order valence-electron chi connectivity index (χ4n) is 1.51. The van der Waals surface area contributed by atoms with Gasteiger partial charge >= 0.3 is 0 Å². The molecule has 0 aromatic heterocycles. The van der Waals surface area contributed by atoms with E-state index in [9.17, 15) is 5.11 Å². The van der Waals surface area contributed by atoms with Crippen LogP contribution in [0.3, 0.4) is 0 Å². The van der Waals surface area contributed by atoms with E-state index < -0.39 is 12.0 Å². The summed E-state index contributed by atoms with van der Waals surface area (Å²) < 4.78 is 0. The highest BCUT2D eigenvalue weighted by Gasteiger charge is 2.19. The Morgan fingerprint density at radius 3 is 2.50 bits per heavy atom. The quantitative estimate of drug-likeness (QED) is 0.790. The Hall–Kier alpha value is -1.33. The van der Waals surface area contributed by atoms with Gasteiger partial charge < -0.3 is 5.11 Å². The molecule has 1 N–H and O–H groups in total. The Balaban J connectivity index is 2.78. The van der Waals surface area contributed by atoms with E-state index in [-0.39, 0.29) is 0 Å². The molecule has 1 aromatic carbocycles. The highest BCUT2D eigenvalue weighted by Crippen LogP contribution is 2.21. The number of nitrogens with zero attached hydrogens (tertiary/aromatic N) is 1. The first-order valence-electron chi connectivity index (χ1n) is 4.92. The summed E-state index contributed by atoms with van der Waals surface area (Å²) in [6, 6.07) is 11.6. The molecule has 0 amide bonds. The second kappa shape index (κ2) is 5.41. The molecule has 1 aromatic rings. The third kappa shape index (κ3) is 2.58. The molecule has 0 aliphatic rings. The van der Waals surface area contributed by atoms with Crippen molar-refractivity contribution in [2.75, 3.05) is 0 Å². The van der Waals surface area contributed by atoms with E-state index >= 15 is 0 Å². The Labute approximate surface area is 84.8 Å². The van der Waals surface area contributed by atoms with E-state index in [2.05, 4.69) is 6.07 Å². The van der Waals surface area contributed by atoms with Crippen LogP contribution in [0.15, 0.2) is 30.3 Å². The average Bonchev–Trinajstić information content (AvgIpc) is 2.21. The molecule has 0 bridgehead atoms. The van der Waals surface area contributed by atoms with Crippen molar-refractivity contribution in [2.24, 2.45) is 0 Å². The number of aliphatic hydroxyl groups excluding tert-OH is 1. The second-order valence-electron chi connectivity index (χ2n) is 3.37. The lowest BCUT2D eigenvalue weighted by Crippen LogP contribution is -2.16. The van der Waals surface area contributed by atoms with Crippen molar-refractivity contribution in [3.05, 3.63) is 35.9 Å². The molecule has 0 heterocycles. The second-order valence-corrected chi connectivity index (χ2v) is 3.37. The predicted molar refractivity (Wildman–Crippen MR) is 55.7 cm³/mol. The molecule has 2 heteroatoms. The first kappa shape index (κ1) is 10.7. The number of hydrogen-bond acceptors (Lipinski definition) is 2. The molecule has 2 atom stereocenters. The molecule has 0 aliphatic carbocycles. The number of aliphatic hydroxyl groups is 1. The summed E-state index contributed by atoms with van der Waals surface area (Å²) in [5.41, 5.74) is 0.899. The van der Waals surface area contributed by atoms with Crippen LogP contribution < -0.4 is 0 Å². The number of benzene rings is 1. The van der Waals surface area contributed by atoms with Gasteiger partial charge in [0.25, 0.3) is 0 Å². The standard InChI is InChI=1S/C12H15NO/c1-2-6-12(14)11(9-13)10-7-4-3-5-8-10/h3-5,7-8,11-12,14H,2,6H2,1H3/t11-,12-/m0/s1. The zero-order valence-corrected chi connectivity index (χ0v) is 8.35. The van der Waals surface area contributed by atoms with Crippen molar-refractivity contribution >= 4 is 0 Å². The first-order valence-corrected chi connectivity index (χ1v) is 4.92. The third-order valence-corrected chi connectivity index (χ3v) is 2.27. The maximum absolute atomic E-state index is 9.74. The number of nitriles is 1. The van der Waals surface area contributed by atoms with Gasteiger partial charge in [-0.25, -0.2) is 0 Å². The first-order chi connectivity index (χ1) is 6.79. The van der Waals surface area contributed by atoms with Gasteiger partial charge in [0.2, 0.25) is 0 Å².